The highest BCUT2D eigenvalue weighted by molar-refractivity contribution is 4.77. The number of hydrogen-bond donors (Lipinski definition) is 1. The Morgan fingerprint density at radius 2 is 2.43 bits per heavy atom. The van der Waals surface area contributed by atoms with E-state index in [2.05, 4.69) is 22.3 Å². The van der Waals surface area contributed by atoms with Gasteiger partial charge in [0, 0.05) is 6.04 Å². The van der Waals surface area contributed by atoms with Crippen molar-refractivity contribution in [3.8, 4) is 0 Å². The second kappa shape index (κ2) is 4.55. The maximum Gasteiger partial charge on any atom is 0.137 e. The van der Waals surface area contributed by atoms with Crippen molar-refractivity contribution >= 4 is 0 Å². The zero-order valence-corrected chi connectivity index (χ0v) is 8.69. The van der Waals surface area contributed by atoms with Crippen molar-refractivity contribution in [3.05, 3.63) is 12.7 Å². The molecular formula is C10H18N4. The monoisotopic (exact) mass is 194 g/mol. The number of aromatic nitrogens is 3. The molecule has 2 atom stereocenters. The van der Waals surface area contributed by atoms with Crippen LogP contribution in [-0.2, 0) is 6.54 Å². The Morgan fingerprint density at radius 3 is 3.00 bits per heavy atom. The zero-order valence-electron chi connectivity index (χ0n) is 8.69. The summed E-state index contributed by atoms with van der Waals surface area (Å²) < 4.78 is 1.91. The van der Waals surface area contributed by atoms with Gasteiger partial charge in [0.25, 0.3) is 0 Å². The second-order valence-electron chi connectivity index (χ2n) is 4.07. The molecule has 2 heterocycles. The Labute approximate surface area is 84.7 Å². The zero-order chi connectivity index (χ0) is 9.80. The molecule has 78 valence electrons. The van der Waals surface area contributed by atoms with Crippen LogP contribution in [0.1, 0.15) is 26.2 Å². The first kappa shape index (κ1) is 9.65. The number of hydrogen-bond acceptors (Lipinski definition) is 3. The quantitative estimate of drug-likeness (QED) is 0.782. The average molecular weight is 194 g/mol. The molecule has 2 unspecified atom stereocenters. The number of rotatable bonds is 3. The first-order chi connectivity index (χ1) is 6.88. The van der Waals surface area contributed by atoms with Crippen LogP contribution >= 0.6 is 0 Å². The van der Waals surface area contributed by atoms with Gasteiger partial charge in [0.2, 0.25) is 0 Å². The molecule has 2 rings (SSSR count). The highest BCUT2D eigenvalue weighted by Crippen LogP contribution is 2.17. The number of piperidine rings is 1. The molecule has 1 aromatic heterocycles. The van der Waals surface area contributed by atoms with Crippen molar-refractivity contribution in [1.29, 1.82) is 0 Å². The van der Waals surface area contributed by atoms with Gasteiger partial charge in [0.05, 0.1) is 6.54 Å². The lowest BCUT2D eigenvalue weighted by atomic mass is 9.93. The third-order valence-corrected chi connectivity index (χ3v) is 3.07. The van der Waals surface area contributed by atoms with Gasteiger partial charge in [-0.3, -0.25) is 4.68 Å². The van der Waals surface area contributed by atoms with E-state index in [1.807, 2.05) is 4.68 Å². The summed E-state index contributed by atoms with van der Waals surface area (Å²) in [5, 5.41) is 7.68. The predicted octanol–water partition coefficient (Wildman–Crippen LogP) is 1.06. The van der Waals surface area contributed by atoms with Gasteiger partial charge in [0.1, 0.15) is 12.7 Å². The molecule has 0 amide bonds. The van der Waals surface area contributed by atoms with Crippen LogP contribution in [-0.4, -0.2) is 27.4 Å². The first-order valence-electron chi connectivity index (χ1n) is 5.44. The van der Waals surface area contributed by atoms with Crippen LogP contribution in [0, 0.1) is 5.92 Å². The van der Waals surface area contributed by atoms with E-state index in [0.717, 1.165) is 19.0 Å². The van der Waals surface area contributed by atoms with E-state index >= 15 is 0 Å². The summed E-state index contributed by atoms with van der Waals surface area (Å²) in [6.07, 6.45) is 7.29. The summed E-state index contributed by atoms with van der Waals surface area (Å²) in [4.78, 5) is 3.94. The first-order valence-corrected chi connectivity index (χ1v) is 5.44. The van der Waals surface area contributed by atoms with E-state index in [1.165, 1.54) is 19.3 Å². The summed E-state index contributed by atoms with van der Waals surface area (Å²) in [5.41, 5.74) is 0. The van der Waals surface area contributed by atoms with Gasteiger partial charge < -0.3 is 5.32 Å². The van der Waals surface area contributed by atoms with Crippen LogP contribution in [0.5, 0.6) is 0 Å². The van der Waals surface area contributed by atoms with Crippen molar-refractivity contribution in [3.63, 3.8) is 0 Å². The van der Waals surface area contributed by atoms with Crippen molar-refractivity contribution in [2.45, 2.75) is 38.8 Å². The Balaban J connectivity index is 1.79. The van der Waals surface area contributed by atoms with E-state index in [9.17, 15) is 0 Å². The molecule has 1 saturated heterocycles. The molecule has 0 bridgehead atoms. The fraction of sp³-hybridized carbons (Fsp3) is 0.800. The van der Waals surface area contributed by atoms with Gasteiger partial charge in [0.15, 0.2) is 0 Å². The summed E-state index contributed by atoms with van der Waals surface area (Å²) in [7, 11) is 0. The highest BCUT2D eigenvalue weighted by atomic mass is 15.3. The van der Waals surface area contributed by atoms with Crippen molar-refractivity contribution in [2.75, 3.05) is 6.54 Å². The fourth-order valence-electron chi connectivity index (χ4n) is 2.03. The molecular weight excluding hydrogens is 176 g/mol. The standard InChI is InChI=1S/C10H18N4/c1-2-9-3-4-10(12-5-9)6-14-8-11-7-13-14/h7-10,12H,2-6H2,1H3. The molecule has 1 aromatic rings. The maximum atomic E-state index is 4.12. The van der Waals surface area contributed by atoms with Crippen molar-refractivity contribution in [1.82, 2.24) is 20.1 Å². The molecule has 1 aliphatic rings. The summed E-state index contributed by atoms with van der Waals surface area (Å²) in [5.74, 6) is 0.877. The molecule has 1 aliphatic heterocycles. The minimum Gasteiger partial charge on any atom is -0.312 e. The number of nitrogens with zero attached hydrogens (tertiary/aromatic N) is 3. The van der Waals surface area contributed by atoms with E-state index in [1.54, 1.807) is 12.7 Å². The molecule has 0 aromatic carbocycles. The normalized spacial score (nSPS) is 27.8. The fourth-order valence-corrected chi connectivity index (χ4v) is 2.03. The molecule has 0 radical (unpaired) electrons. The van der Waals surface area contributed by atoms with Gasteiger partial charge in [-0.05, 0) is 25.3 Å². The Bertz CT molecular complexity index is 249. The minimum atomic E-state index is 0.583. The van der Waals surface area contributed by atoms with E-state index in [0.29, 0.717) is 6.04 Å². The third-order valence-electron chi connectivity index (χ3n) is 3.07. The van der Waals surface area contributed by atoms with Gasteiger partial charge in [-0.25, -0.2) is 4.98 Å². The van der Waals surface area contributed by atoms with Gasteiger partial charge in [-0.2, -0.15) is 5.10 Å². The lowest BCUT2D eigenvalue weighted by Gasteiger charge is -2.29. The Kier molecular flexibility index (Phi) is 3.14. The van der Waals surface area contributed by atoms with E-state index in [4.69, 9.17) is 0 Å². The molecule has 14 heavy (non-hydrogen) atoms. The van der Waals surface area contributed by atoms with Crippen LogP contribution in [0.4, 0.5) is 0 Å². The molecule has 0 aliphatic carbocycles. The van der Waals surface area contributed by atoms with Crippen LogP contribution in [0.25, 0.3) is 0 Å². The summed E-state index contributed by atoms with van der Waals surface area (Å²) in [6.45, 7) is 4.39. The highest BCUT2D eigenvalue weighted by Gasteiger charge is 2.19. The van der Waals surface area contributed by atoms with Crippen LogP contribution in [0.3, 0.4) is 0 Å². The van der Waals surface area contributed by atoms with E-state index < -0.39 is 0 Å². The topological polar surface area (TPSA) is 42.7 Å². The predicted molar refractivity (Wildman–Crippen MR) is 54.8 cm³/mol. The van der Waals surface area contributed by atoms with Gasteiger partial charge in [-0.15, -0.1) is 0 Å². The Morgan fingerprint density at radius 1 is 1.50 bits per heavy atom. The molecule has 4 nitrogen and oxygen atoms in total. The summed E-state index contributed by atoms with van der Waals surface area (Å²) >= 11 is 0. The minimum absolute atomic E-state index is 0.583. The van der Waals surface area contributed by atoms with Gasteiger partial charge >= 0.3 is 0 Å². The molecule has 0 saturated carbocycles. The van der Waals surface area contributed by atoms with Crippen molar-refractivity contribution < 1.29 is 0 Å². The smallest absolute Gasteiger partial charge is 0.137 e. The molecule has 4 heteroatoms. The second-order valence-corrected chi connectivity index (χ2v) is 4.07. The molecule has 1 fully saturated rings. The Hall–Kier alpha value is -0.900. The lowest BCUT2D eigenvalue weighted by molar-refractivity contribution is 0.278. The number of nitrogens with one attached hydrogen (secondary N) is 1. The maximum absolute atomic E-state index is 4.12. The van der Waals surface area contributed by atoms with Crippen molar-refractivity contribution in [2.24, 2.45) is 5.92 Å². The van der Waals surface area contributed by atoms with E-state index in [-0.39, 0.29) is 0 Å². The largest absolute Gasteiger partial charge is 0.312 e. The SMILES string of the molecule is CCC1CCC(Cn2cncn2)NC1. The van der Waals surface area contributed by atoms with Crippen LogP contribution in [0.15, 0.2) is 12.7 Å². The van der Waals surface area contributed by atoms with Crippen LogP contribution in [0.2, 0.25) is 0 Å². The average Bonchev–Trinajstić information content (AvgIpc) is 2.72. The molecule has 1 N–H and O–H groups in total. The molecule has 0 spiro atoms. The third kappa shape index (κ3) is 2.32. The summed E-state index contributed by atoms with van der Waals surface area (Å²) in [6, 6.07) is 0.583. The van der Waals surface area contributed by atoms with Crippen LogP contribution < -0.4 is 5.32 Å². The van der Waals surface area contributed by atoms with Gasteiger partial charge in [-0.1, -0.05) is 13.3 Å². The lowest BCUT2D eigenvalue weighted by Crippen LogP contribution is -2.41.